The third kappa shape index (κ3) is 5.27. The van der Waals surface area contributed by atoms with Crippen LogP contribution in [-0.4, -0.2) is 88.0 Å². The minimum absolute atomic E-state index is 0.00782. The summed E-state index contributed by atoms with van der Waals surface area (Å²) in [6.45, 7) is 3.20. The summed E-state index contributed by atoms with van der Waals surface area (Å²) in [4.78, 5) is 49.7. The lowest BCUT2D eigenvalue weighted by atomic mass is 9.89. The number of nitrogens with zero attached hydrogens (tertiary/aromatic N) is 5. The number of rotatable bonds is 6. The fourth-order valence-corrected chi connectivity index (χ4v) is 9.40. The number of carboxylic acid groups (broad SMARTS) is 1. The molecule has 0 saturated carbocycles. The van der Waals surface area contributed by atoms with Gasteiger partial charge in [0.05, 0.1) is 22.3 Å². The zero-order valence-electron chi connectivity index (χ0n) is 27.2. The maximum absolute atomic E-state index is 17.2. The van der Waals surface area contributed by atoms with Crippen LogP contribution in [0.3, 0.4) is 0 Å². The molecule has 13 nitrogen and oxygen atoms in total. The second-order valence-electron chi connectivity index (χ2n) is 13.6. The van der Waals surface area contributed by atoms with Crippen LogP contribution in [0.15, 0.2) is 18.2 Å². The third-order valence-electron chi connectivity index (χ3n) is 10.5. The lowest BCUT2D eigenvalue weighted by Gasteiger charge is -2.39. The van der Waals surface area contributed by atoms with Gasteiger partial charge in [-0.15, -0.1) is 11.3 Å². The van der Waals surface area contributed by atoms with E-state index >= 15 is 8.78 Å². The lowest BCUT2D eigenvalue weighted by Crippen LogP contribution is -2.58. The predicted octanol–water partition coefficient (Wildman–Crippen LogP) is 5.19. The summed E-state index contributed by atoms with van der Waals surface area (Å²) in [7, 11) is 0. The number of imide groups is 1. The van der Waals surface area contributed by atoms with Gasteiger partial charge in [0.25, 0.3) is 5.91 Å². The van der Waals surface area contributed by atoms with Crippen LogP contribution in [-0.2, 0) is 4.79 Å². The molecule has 4 saturated heterocycles. The number of benzene rings is 2. The maximum atomic E-state index is 17.2. The molecule has 2 aromatic carbocycles. The molecule has 8 rings (SSSR count). The maximum Gasteiger partial charge on any atom is 0.409 e. The number of piperidine rings is 1. The van der Waals surface area contributed by atoms with Crippen LogP contribution < -0.4 is 25.6 Å². The normalized spacial score (nSPS) is 24.6. The topological polar surface area (TPSA) is 173 Å². The SMILES string of the molecule is Cc1cc2c(N3CCC[C@]4(C3)NC(=O)NC4=O)nc(OC[C@@]34CCCN3C[C@H](F)C4)nc2c(F)c1-c1ccc(F)c2sc(NC(=O)O)c(C#N)c12. The smallest absolute Gasteiger partial charge is 0.409 e. The van der Waals surface area contributed by atoms with Crippen LogP contribution in [0, 0.1) is 29.9 Å². The monoisotopic (exact) mass is 720 g/mol. The minimum atomic E-state index is -1.45. The fourth-order valence-electron chi connectivity index (χ4n) is 8.33. The molecule has 4 aliphatic rings. The van der Waals surface area contributed by atoms with Crippen molar-refractivity contribution in [1.29, 1.82) is 5.26 Å². The van der Waals surface area contributed by atoms with Gasteiger partial charge < -0.3 is 20.1 Å². The molecule has 1 spiro atoms. The molecule has 6 heterocycles. The van der Waals surface area contributed by atoms with Crippen molar-refractivity contribution in [3.63, 3.8) is 0 Å². The highest BCUT2D eigenvalue weighted by Crippen LogP contribution is 2.46. The molecule has 51 heavy (non-hydrogen) atoms. The van der Waals surface area contributed by atoms with Crippen molar-refractivity contribution in [2.75, 3.05) is 43.0 Å². The summed E-state index contributed by atoms with van der Waals surface area (Å²) < 4.78 is 53.1. The Bertz CT molecular complexity index is 2230. The molecule has 4 amide bonds. The number of urea groups is 1. The van der Waals surface area contributed by atoms with Gasteiger partial charge in [-0.1, -0.05) is 6.07 Å². The molecule has 4 N–H and O–H groups in total. The molecule has 0 aliphatic carbocycles. The standard InChI is InChI=1S/C34H31F3N8O5S/c1-16-10-19-25(24(37)22(16)18-4-5-21(36)26-23(18)20(12-38)28(51-26)41-32(48)49)39-31(50-15-33-6-2-9-45(33)13-17(35)11-33)40-27(19)44-8-3-7-34(14-44)29(46)42-30(47)43-34/h4-5,10,17,41H,2-3,6-9,11,13-15H2,1H3,(H,48,49)(H2,42,43,46,47)/t17-,33+,34-/m1/s1. The first-order valence-electron chi connectivity index (χ1n) is 16.5. The zero-order chi connectivity index (χ0) is 35.8. The number of anilines is 2. The average molecular weight is 721 g/mol. The molecular weight excluding hydrogens is 689 g/mol. The fraction of sp³-hybridized carbons (Fsp3) is 0.412. The number of carbonyl (C=O) groups is 3. The molecule has 17 heteroatoms. The molecule has 264 valence electrons. The van der Waals surface area contributed by atoms with Crippen LogP contribution >= 0.6 is 11.3 Å². The lowest BCUT2D eigenvalue weighted by molar-refractivity contribution is -0.124. The van der Waals surface area contributed by atoms with E-state index in [4.69, 9.17) is 9.72 Å². The number of ether oxygens (including phenoxy) is 1. The highest BCUT2D eigenvalue weighted by Gasteiger charge is 2.50. The largest absolute Gasteiger partial charge is 0.465 e. The number of nitriles is 1. The van der Waals surface area contributed by atoms with E-state index in [0.717, 1.165) is 36.8 Å². The Morgan fingerprint density at radius 1 is 1.24 bits per heavy atom. The van der Waals surface area contributed by atoms with Crippen LogP contribution in [0.5, 0.6) is 6.01 Å². The van der Waals surface area contributed by atoms with Gasteiger partial charge in [-0.05, 0) is 62.4 Å². The van der Waals surface area contributed by atoms with Gasteiger partial charge >= 0.3 is 18.1 Å². The minimum Gasteiger partial charge on any atom is -0.465 e. The van der Waals surface area contributed by atoms with Gasteiger partial charge in [-0.3, -0.25) is 20.3 Å². The van der Waals surface area contributed by atoms with Crippen LogP contribution in [0.1, 0.15) is 43.2 Å². The highest BCUT2D eigenvalue weighted by atomic mass is 32.1. The molecule has 4 fully saturated rings. The summed E-state index contributed by atoms with van der Waals surface area (Å²) in [5.41, 5.74) is -1.54. The van der Waals surface area contributed by atoms with E-state index in [9.17, 15) is 29.1 Å². The first-order chi connectivity index (χ1) is 24.4. The molecular formula is C34H31F3N8O5S. The number of hydrogen-bond acceptors (Lipinski definition) is 10. The summed E-state index contributed by atoms with van der Waals surface area (Å²) in [6.07, 6.45) is 0.320. The van der Waals surface area contributed by atoms with Crippen molar-refractivity contribution in [3.8, 4) is 23.2 Å². The summed E-state index contributed by atoms with van der Waals surface area (Å²) in [5.74, 6) is -1.74. The molecule has 4 aromatic rings. The number of hydrogen-bond donors (Lipinski definition) is 4. The Balaban J connectivity index is 1.29. The third-order valence-corrected chi connectivity index (χ3v) is 11.6. The molecule has 3 atom stereocenters. The molecule has 4 aliphatic heterocycles. The molecule has 0 bridgehead atoms. The average Bonchev–Trinajstić information content (AvgIpc) is 3.80. The summed E-state index contributed by atoms with van der Waals surface area (Å²) in [5, 5.41) is 26.8. The van der Waals surface area contributed by atoms with Gasteiger partial charge in [0, 0.05) is 35.8 Å². The zero-order valence-corrected chi connectivity index (χ0v) is 28.1. The van der Waals surface area contributed by atoms with Crippen molar-refractivity contribution in [2.24, 2.45) is 0 Å². The van der Waals surface area contributed by atoms with Crippen molar-refractivity contribution in [2.45, 2.75) is 56.3 Å². The van der Waals surface area contributed by atoms with Gasteiger partial charge in [0.2, 0.25) is 0 Å². The van der Waals surface area contributed by atoms with Crippen LogP contribution in [0.25, 0.3) is 32.1 Å². The number of halogens is 3. The number of thiophene rings is 1. The Morgan fingerprint density at radius 2 is 2.04 bits per heavy atom. The van der Waals surface area contributed by atoms with Crippen molar-refractivity contribution >= 4 is 61.2 Å². The van der Waals surface area contributed by atoms with Gasteiger partial charge in [-0.25, -0.2) is 22.8 Å². The quantitative estimate of drug-likeness (QED) is 0.194. The van der Waals surface area contributed by atoms with E-state index < -0.39 is 46.9 Å². The first-order valence-corrected chi connectivity index (χ1v) is 17.3. The predicted molar refractivity (Wildman–Crippen MR) is 181 cm³/mol. The van der Waals surface area contributed by atoms with E-state index in [1.807, 2.05) is 6.07 Å². The van der Waals surface area contributed by atoms with E-state index in [2.05, 4.69) is 25.8 Å². The number of aromatic nitrogens is 2. The van der Waals surface area contributed by atoms with Crippen LogP contribution in [0.4, 0.5) is 33.6 Å². The molecule has 0 unspecified atom stereocenters. The highest BCUT2D eigenvalue weighted by molar-refractivity contribution is 7.23. The van der Waals surface area contributed by atoms with Gasteiger partial charge in [0.1, 0.15) is 46.5 Å². The number of fused-ring (bicyclic) bond motifs is 3. The van der Waals surface area contributed by atoms with E-state index in [1.165, 1.54) is 6.07 Å². The summed E-state index contributed by atoms with van der Waals surface area (Å²) in [6, 6.07) is 5.30. The van der Waals surface area contributed by atoms with E-state index in [-0.39, 0.29) is 74.1 Å². The second-order valence-corrected chi connectivity index (χ2v) is 14.7. The summed E-state index contributed by atoms with van der Waals surface area (Å²) >= 11 is 0.729. The van der Waals surface area contributed by atoms with Crippen LogP contribution in [0.2, 0.25) is 0 Å². The Labute approximate surface area is 292 Å². The van der Waals surface area contributed by atoms with E-state index in [0.29, 0.717) is 31.5 Å². The Kier molecular flexibility index (Phi) is 7.72. The molecule has 2 aromatic heterocycles. The number of amides is 4. The van der Waals surface area contributed by atoms with Crippen molar-refractivity contribution in [1.82, 2.24) is 25.5 Å². The number of aryl methyl sites for hydroxylation is 1. The van der Waals surface area contributed by atoms with Crippen molar-refractivity contribution in [3.05, 3.63) is 41.0 Å². The number of carbonyl (C=O) groups excluding carboxylic acids is 2. The van der Waals surface area contributed by atoms with Gasteiger partial charge in [-0.2, -0.15) is 15.2 Å². The van der Waals surface area contributed by atoms with Gasteiger partial charge in [0.15, 0.2) is 5.82 Å². The number of nitrogens with one attached hydrogen (secondary N) is 3. The molecule has 0 radical (unpaired) electrons. The Hall–Kier alpha value is -5.21. The first kappa shape index (κ1) is 33.0. The van der Waals surface area contributed by atoms with Crippen molar-refractivity contribution < 1.29 is 37.4 Å². The number of alkyl halides is 1. The second kappa shape index (κ2) is 11.9. The van der Waals surface area contributed by atoms with E-state index in [1.54, 1.807) is 17.9 Å². The Morgan fingerprint density at radius 3 is 2.78 bits per heavy atom.